The van der Waals surface area contributed by atoms with E-state index < -0.39 is 6.10 Å². The first-order valence-corrected chi connectivity index (χ1v) is 7.30. The molecular weight excluding hydrogens is 375 g/mol. The number of aliphatic hydroxyl groups is 1. The summed E-state index contributed by atoms with van der Waals surface area (Å²) in [6.45, 7) is 0. The molecule has 0 spiro atoms. The molecule has 0 radical (unpaired) electrons. The molecule has 0 saturated carbocycles. The Labute approximate surface area is 119 Å². The summed E-state index contributed by atoms with van der Waals surface area (Å²) in [6.07, 6.45) is -0.622. The molecule has 0 aliphatic carbocycles. The van der Waals surface area contributed by atoms with Gasteiger partial charge in [0.2, 0.25) is 0 Å². The van der Waals surface area contributed by atoms with E-state index >= 15 is 0 Å². The highest BCUT2D eigenvalue weighted by Gasteiger charge is 2.15. The maximum Gasteiger partial charge on any atom is 0.114 e. The second-order valence-electron chi connectivity index (χ2n) is 3.21. The Morgan fingerprint density at radius 2 is 1.94 bits per heavy atom. The lowest BCUT2D eigenvalue weighted by atomic mass is 10.1. The minimum absolute atomic E-state index is 0.622. The van der Waals surface area contributed by atoms with E-state index in [4.69, 9.17) is 11.6 Å². The van der Waals surface area contributed by atoms with Crippen molar-refractivity contribution in [2.24, 2.45) is 0 Å². The van der Waals surface area contributed by atoms with E-state index in [2.05, 4.69) is 31.9 Å². The van der Waals surface area contributed by atoms with Gasteiger partial charge in [-0.05, 0) is 61.0 Å². The highest BCUT2D eigenvalue weighted by atomic mass is 79.9. The summed E-state index contributed by atoms with van der Waals surface area (Å²) in [5, 5.41) is 12.8. The lowest BCUT2D eigenvalue weighted by Crippen LogP contribution is -1.97. The van der Waals surface area contributed by atoms with Crippen LogP contribution in [0.25, 0.3) is 0 Å². The van der Waals surface area contributed by atoms with Crippen molar-refractivity contribution < 1.29 is 5.11 Å². The van der Waals surface area contributed by atoms with Crippen molar-refractivity contribution in [1.82, 2.24) is 0 Å². The van der Waals surface area contributed by atoms with Crippen molar-refractivity contribution in [1.29, 1.82) is 0 Å². The molecule has 84 valence electrons. The van der Waals surface area contributed by atoms with Gasteiger partial charge in [0.1, 0.15) is 6.10 Å². The Hall–Kier alpha value is 0.130. The highest BCUT2D eigenvalue weighted by molar-refractivity contribution is 9.10. The van der Waals surface area contributed by atoms with E-state index in [1.807, 2.05) is 23.6 Å². The second-order valence-corrected chi connectivity index (χ2v) is 6.27. The van der Waals surface area contributed by atoms with Crippen molar-refractivity contribution in [3.63, 3.8) is 0 Å². The van der Waals surface area contributed by atoms with Crippen molar-refractivity contribution in [3.8, 4) is 0 Å². The van der Waals surface area contributed by atoms with Crippen LogP contribution in [0.1, 0.15) is 16.5 Å². The summed E-state index contributed by atoms with van der Waals surface area (Å²) in [5.41, 5.74) is 0.819. The van der Waals surface area contributed by atoms with Crippen molar-refractivity contribution in [2.45, 2.75) is 6.10 Å². The zero-order valence-electron chi connectivity index (χ0n) is 7.95. The van der Waals surface area contributed by atoms with Gasteiger partial charge in [0.15, 0.2) is 0 Å². The van der Waals surface area contributed by atoms with E-state index in [0.717, 1.165) is 19.4 Å². The van der Waals surface area contributed by atoms with Crippen molar-refractivity contribution in [3.05, 3.63) is 54.1 Å². The topological polar surface area (TPSA) is 20.2 Å². The molecule has 1 N–H and O–H groups in total. The van der Waals surface area contributed by atoms with Crippen LogP contribution in [0, 0.1) is 0 Å². The number of halogens is 3. The average molecular weight is 383 g/mol. The Bertz CT molecular complexity index is 512. The first-order chi connectivity index (χ1) is 7.59. The van der Waals surface area contributed by atoms with Crippen LogP contribution in [-0.4, -0.2) is 5.11 Å². The Balaban J connectivity index is 2.38. The fourth-order valence-corrected chi connectivity index (χ4v) is 3.45. The molecule has 1 aromatic carbocycles. The summed E-state index contributed by atoms with van der Waals surface area (Å²) in [7, 11) is 0. The quantitative estimate of drug-likeness (QED) is 0.774. The van der Waals surface area contributed by atoms with Gasteiger partial charge >= 0.3 is 0 Å². The summed E-state index contributed by atoms with van der Waals surface area (Å²) in [6, 6.07) is 7.35. The van der Waals surface area contributed by atoms with E-state index in [1.165, 1.54) is 11.3 Å². The molecule has 0 amide bonds. The van der Waals surface area contributed by atoms with E-state index in [-0.39, 0.29) is 0 Å². The number of hydrogen-bond donors (Lipinski definition) is 1. The Kier molecular flexibility index (Phi) is 4.08. The standard InChI is InChI=1S/C11H7Br2ClOS/c12-7-3-4-16-11(7)10(15)6-1-2-9(14)8(13)5-6/h1-5,10,15H. The van der Waals surface area contributed by atoms with Crippen LogP contribution in [-0.2, 0) is 0 Å². The fourth-order valence-electron chi connectivity index (χ4n) is 1.33. The zero-order valence-corrected chi connectivity index (χ0v) is 12.7. The van der Waals surface area contributed by atoms with Crippen LogP contribution in [0.4, 0.5) is 0 Å². The van der Waals surface area contributed by atoms with Crippen LogP contribution in [0.15, 0.2) is 38.6 Å². The third kappa shape index (κ3) is 2.51. The largest absolute Gasteiger partial charge is 0.383 e. The molecule has 1 heterocycles. The molecule has 0 fully saturated rings. The molecule has 0 bridgehead atoms. The molecule has 16 heavy (non-hydrogen) atoms. The highest BCUT2D eigenvalue weighted by Crippen LogP contribution is 2.35. The molecule has 1 aromatic heterocycles. The third-order valence-electron chi connectivity index (χ3n) is 2.15. The molecule has 0 aliphatic heterocycles. The maximum absolute atomic E-state index is 10.2. The normalized spacial score (nSPS) is 12.8. The molecular formula is C11H7Br2ClOS. The van der Waals surface area contributed by atoms with Gasteiger partial charge in [0.25, 0.3) is 0 Å². The van der Waals surface area contributed by atoms with E-state index in [9.17, 15) is 5.11 Å². The monoisotopic (exact) mass is 380 g/mol. The molecule has 0 saturated heterocycles. The van der Waals surface area contributed by atoms with Crippen LogP contribution in [0.2, 0.25) is 5.02 Å². The van der Waals surface area contributed by atoms with Gasteiger partial charge in [0.05, 0.1) is 9.90 Å². The Morgan fingerprint density at radius 3 is 2.50 bits per heavy atom. The summed E-state index contributed by atoms with van der Waals surface area (Å²) in [5.74, 6) is 0. The van der Waals surface area contributed by atoms with Gasteiger partial charge in [-0.3, -0.25) is 0 Å². The smallest absolute Gasteiger partial charge is 0.114 e. The minimum atomic E-state index is -0.622. The third-order valence-corrected chi connectivity index (χ3v) is 5.29. The lowest BCUT2D eigenvalue weighted by Gasteiger charge is -2.10. The second kappa shape index (κ2) is 5.19. The maximum atomic E-state index is 10.2. The predicted molar refractivity (Wildman–Crippen MR) is 75.2 cm³/mol. The first-order valence-electron chi connectivity index (χ1n) is 4.45. The molecule has 1 nitrogen and oxygen atoms in total. The van der Waals surface area contributed by atoms with E-state index in [1.54, 1.807) is 6.07 Å². The Morgan fingerprint density at radius 1 is 1.19 bits per heavy atom. The summed E-state index contributed by atoms with van der Waals surface area (Å²) >= 11 is 14.2. The van der Waals surface area contributed by atoms with Crippen LogP contribution < -0.4 is 0 Å². The van der Waals surface area contributed by atoms with E-state index in [0.29, 0.717) is 5.02 Å². The van der Waals surface area contributed by atoms with Gasteiger partial charge in [-0.25, -0.2) is 0 Å². The van der Waals surface area contributed by atoms with Gasteiger partial charge in [-0.15, -0.1) is 11.3 Å². The van der Waals surface area contributed by atoms with Gasteiger partial charge in [-0.1, -0.05) is 17.7 Å². The van der Waals surface area contributed by atoms with Crippen molar-refractivity contribution >= 4 is 54.8 Å². The average Bonchev–Trinajstić information content (AvgIpc) is 2.67. The SMILES string of the molecule is OC(c1ccc(Cl)c(Br)c1)c1sccc1Br. The fraction of sp³-hybridized carbons (Fsp3) is 0.0909. The number of benzene rings is 1. The number of thiophene rings is 1. The van der Waals surface area contributed by atoms with Crippen molar-refractivity contribution in [2.75, 3.05) is 0 Å². The molecule has 1 unspecified atom stereocenters. The zero-order chi connectivity index (χ0) is 11.7. The van der Waals surface area contributed by atoms with Crippen LogP contribution in [0.3, 0.4) is 0 Å². The summed E-state index contributed by atoms with van der Waals surface area (Å²) in [4.78, 5) is 0.897. The number of rotatable bonds is 2. The number of aliphatic hydroxyl groups excluding tert-OH is 1. The number of hydrogen-bond acceptors (Lipinski definition) is 2. The molecule has 2 aromatic rings. The lowest BCUT2D eigenvalue weighted by molar-refractivity contribution is 0.223. The molecule has 5 heteroatoms. The molecule has 1 atom stereocenters. The predicted octanol–water partition coefficient (Wildman–Crippen LogP) is 5.01. The van der Waals surface area contributed by atoms with Gasteiger partial charge < -0.3 is 5.11 Å². The minimum Gasteiger partial charge on any atom is -0.383 e. The molecule has 0 aliphatic rings. The summed E-state index contributed by atoms with van der Waals surface area (Å²) < 4.78 is 1.72. The van der Waals surface area contributed by atoms with Crippen LogP contribution in [0.5, 0.6) is 0 Å². The first kappa shape index (κ1) is 12.6. The van der Waals surface area contributed by atoms with Gasteiger partial charge in [0, 0.05) is 8.95 Å². The van der Waals surface area contributed by atoms with Gasteiger partial charge in [-0.2, -0.15) is 0 Å². The molecule has 2 rings (SSSR count). The van der Waals surface area contributed by atoms with Crippen LogP contribution >= 0.6 is 54.8 Å².